The van der Waals surface area contributed by atoms with Crippen LogP contribution < -0.4 is 0 Å². The summed E-state index contributed by atoms with van der Waals surface area (Å²) in [5, 5.41) is 0. The van der Waals surface area contributed by atoms with E-state index in [1.807, 2.05) is 0 Å². The summed E-state index contributed by atoms with van der Waals surface area (Å²) in [4.78, 5) is 21.6. The summed E-state index contributed by atoms with van der Waals surface area (Å²) >= 11 is 0. The molecule has 4 heteroatoms. The number of hydrogen-bond acceptors (Lipinski definition) is 4. The molecular formula is C8H10O4. The molecule has 0 spiro atoms. The zero-order chi connectivity index (χ0) is 8.55. The van der Waals surface area contributed by atoms with Gasteiger partial charge in [0.05, 0.1) is 0 Å². The van der Waals surface area contributed by atoms with Crippen molar-refractivity contribution in [1.29, 1.82) is 0 Å². The van der Waals surface area contributed by atoms with Gasteiger partial charge < -0.3 is 9.47 Å². The van der Waals surface area contributed by atoms with Crippen LogP contribution in [0.15, 0.2) is 0 Å². The van der Waals surface area contributed by atoms with Gasteiger partial charge in [0.15, 0.2) is 0 Å². The van der Waals surface area contributed by atoms with Crippen LogP contribution in [0.4, 0.5) is 0 Å². The molecule has 2 rings (SSSR count). The number of ether oxygens (including phenoxy) is 2. The van der Waals surface area contributed by atoms with E-state index in [9.17, 15) is 9.59 Å². The molecule has 0 aromatic rings. The predicted octanol–water partition coefficient (Wildman–Crippen LogP) is 0.603. The largest absolute Gasteiger partial charge is 0.424 e. The van der Waals surface area contributed by atoms with Gasteiger partial charge in [-0.2, -0.15) is 0 Å². The minimum Gasteiger partial charge on any atom is -0.424 e. The van der Waals surface area contributed by atoms with Crippen molar-refractivity contribution in [3.05, 3.63) is 0 Å². The Hall–Kier alpha value is -1.06. The van der Waals surface area contributed by atoms with Crippen molar-refractivity contribution >= 4 is 11.9 Å². The molecule has 0 atom stereocenters. The van der Waals surface area contributed by atoms with Gasteiger partial charge in [0.1, 0.15) is 6.42 Å². The highest BCUT2D eigenvalue weighted by atomic mass is 16.7. The summed E-state index contributed by atoms with van der Waals surface area (Å²) < 4.78 is 9.76. The summed E-state index contributed by atoms with van der Waals surface area (Å²) in [6.45, 7) is 0. The monoisotopic (exact) mass is 170 g/mol. The second-order valence-electron chi connectivity index (χ2n) is 3.22. The van der Waals surface area contributed by atoms with Gasteiger partial charge in [-0.1, -0.05) is 6.42 Å². The summed E-state index contributed by atoms with van der Waals surface area (Å²) in [5.74, 6) is -0.662. The average Bonchev–Trinajstić information content (AvgIpc) is 1.79. The highest BCUT2D eigenvalue weighted by molar-refractivity contribution is 5.92. The second-order valence-corrected chi connectivity index (χ2v) is 3.22. The van der Waals surface area contributed by atoms with Gasteiger partial charge in [-0.15, -0.1) is 0 Å². The number of carbonyl (C=O) groups excluding carboxylic acids is 2. The van der Waals surface area contributed by atoms with Crippen LogP contribution in [0.1, 0.15) is 25.7 Å². The van der Waals surface area contributed by atoms with Gasteiger partial charge in [-0.3, -0.25) is 9.59 Å². The van der Waals surface area contributed by atoms with Crippen molar-refractivity contribution in [1.82, 2.24) is 0 Å². The Kier molecular flexibility index (Phi) is 1.75. The maximum atomic E-state index is 10.8. The average molecular weight is 170 g/mol. The maximum Gasteiger partial charge on any atom is 0.320 e. The fraction of sp³-hybridized carbons (Fsp3) is 0.750. The highest BCUT2D eigenvalue weighted by Crippen LogP contribution is 2.33. The van der Waals surface area contributed by atoms with E-state index in [-0.39, 0.29) is 12.3 Å². The first kappa shape index (κ1) is 7.58. The molecule has 0 unspecified atom stereocenters. The summed E-state index contributed by atoms with van der Waals surface area (Å²) in [6.07, 6.45) is 2.29. The lowest BCUT2D eigenvalue weighted by molar-refractivity contribution is -0.218. The molecule has 1 heterocycles. The van der Waals surface area contributed by atoms with E-state index in [4.69, 9.17) is 9.47 Å². The molecule has 1 aliphatic carbocycles. The van der Waals surface area contributed by atoms with Crippen molar-refractivity contribution in [2.45, 2.75) is 32.0 Å². The molecule has 0 aromatic heterocycles. The Balaban J connectivity index is 1.96. The van der Waals surface area contributed by atoms with Crippen LogP contribution >= 0.6 is 0 Å². The van der Waals surface area contributed by atoms with Crippen LogP contribution in [0.3, 0.4) is 0 Å². The quantitative estimate of drug-likeness (QED) is 0.427. The van der Waals surface area contributed by atoms with E-state index in [0.717, 1.165) is 19.3 Å². The maximum absolute atomic E-state index is 10.8. The van der Waals surface area contributed by atoms with Gasteiger partial charge >= 0.3 is 11.9 Å². The van der Waals surface area contributed by atoms with Gasteiger partial charge in [-0.05, 0) is 12.8 Å². The molecule has 0 N–H and O–H groups in total. The van der Waals surface area contributed by atoms with Crippen molar-refractivity contribution in [2.24, 2.45) is 5.92 Å². The molecule has 1 aliphatic heterocycles. The minimum absolute atomic E-state index is 0.233. The van der Waals surface area contributed by atoms with Crippen molar-refractivity contribution in [2.75, 3.05) is 0 Å². The lowest BCUT2D eigenvalue weighted by Crippen LogP contribution is -2.40. The number of carbonyl (C=O) groups is 2. The third-order valence-corrected chi connectivity index (χ3v) is 2.32. The summed E-state index contributed by atoms with van der Waals surface area (Å²) in [7, 11) is 0. The first-order valence-corrected chi connectivity index (χ1v) is 4.14. The van der Waals surface area contributed by atoms with Gasteiger partial charge in [0.2, 0.25) is 6.29 Å². The first-order chi connectivity index (χ1) is 5.75. The molecule has 0 radical (unpaired) electrons. The van der Waals surface area contributed by atoms with Crippen molar-refractivity contribution in [3.63, 3.8) is 0 Å². The lowest BCUT2D eigenvalue weighted by Gasteiger charge is -2.34. The first-order valence-electron chi connectivity index (χ1n) is 4.14. The van der Waals surface area contributed by atoms with E-state index >= 15 is 0 Å². The normalized spacial score (nSPS) is 26.0. The molecule has 1 saturated carbocycles. The standard InChI is InChI=1S/C8H10O4/c9-6-4-7(10)12-8(11-6)5-2-1-3-5/h5,8H,1-4H2. The van der Waals surface area contributed by atoms with Crippen LogP contribution in [0, 0.1) is 5.92 Å². The molecule has 0 bridgehead atoms. The van der Waals surface area contributed by atoms with E-state index in [2.05, 4.69) is 0 Å². The van der Waals surface area contributed by atoms with Crippen LogP contribution in [0.25, 0.3) is 0 Å². The van der Waals surface area contributed by atoms with Crippen LogP contribution in [0.2, 0.25) is 0 Å². The Morgan fingerprint density at radius 3 is 2.08 bits per heavy atom. The molecule has 1 saturated heterocycles. The smallest absolute Gasteiger partial charge is 0.320 e. The Morgan fingerprint density at radius 2 is 1.67 bits per heavy atom. The van der Waals surface area contributed by atoms with Crippen molar-refractivity contribution < 1.29 is 19.1 Å². The summed E-state index contributed by atoms with van der Waals surface area (Å²) in [5.41, 5.74) is 0. The fourth-order valence-electron chi connectivity index (χ4n) is 1.39. The number of cyclic esters (lactones) is 2. The molecule has 66 valence electrons. The molecule has 0 aromatic carbocycles. The molecule has 0 amide bonds. The van der Waals surface area contributed by atoms with Gasteiger partial charge in [0, 0.05) is 5.92 Å². The SMILES string of the molecule is O=C1CC(=O)OC(C2CCC2)O1. The van der Waals surface area contributed by atoms with E-state index in [1.54, 1.807) is 0 Å². The number of hydrogen-bond donors (Lipinski definition) is 0. The van der Waals surface area contributed by atoms with E-state index in [0.29, 0.717) is 0 Å². The summed E-state index contributed by atoms with van der Waals surface area (Å²) in [6, 6.07) is 0. The van der Waals surface area contributed by atoms with Crippen LogP contribution in [0.5, 0.6) is 0 Å². The molecule has 2 aliphatic rings. The van der Waals surface area contributed by atoms with Gasteiger partial charge in [-0.25, -0.2) is 0 Å². The zero-order valence-electron chi connectivity index (χ0n) is 6.62. The lowest BCUT2D eigenvalue weighted by atomic mass is 9.85. The zero-order valence-corrected chi connectivity index (χ0v) is 6.62. The topological polar surface area (TPSA) is 52.6 Å². The molecular weight excluding hydrogens is 160 g/mol. The predicted molar refractivity (Wildman–Crippen MR) is 37.9 cm³/mol. The molecule has 12 heavy (non-hydrogen) atoms. The van der Waals surface area contributed by atoms with Crippen LogP contribution in [-0.2, 0) is 19.1 Å². The minimum atomic E-state index is -0.590. The Bertz CT molecular complexity index is 203. The van der Waals surface area contributed by atoms with E-state index in [1.165, 1.54) is 0 Å². The fourth-order valence-corrected chi connectivity index (χ4v) is 1.39. The van der Waals surface area contributed by atoms with Gasteiger partial charge in [0.25, 0.3) is 0 Å². The van der Waals surface area contributed by atoms with Crippen LogP contribution in [-0.4, -0.2) is 18.2 Å². The Labute approximate surface area is 69.8 Å². The number of rotatable bonds is 1. The molecule has 2 fully saturated rings. The Morgan fingerprint density at radius 1 is 1.08 bits per heavy atom. The third-order valence-electron chi connectivity index (χ3n) is 2.32. The van der Waals surface area contributed by atoms with E-state index < -0.39 is 18.2 Å². The third kappa shape index (κ3) is 1.29. The van der Waals surface area contributed by atoms with Crippen molar-refractivity contribution in [3.8, 4) is 0 Å². The molecule has 4 nitrogen and oxygen atoms in total. The second kappa shape index (κ2) is 2.77. The number of esters is 2. The highest BCUT2D eigenvalue weighted by Gasteiger charge is 2.37.